The molecule has 0 amide bonds. The van der Waals surface area contributed by atoms with Crippen LogP contribution in [0.5, 0.6) is 0 Å². The smallest absolute Gasteiger partial charge is 0.319 e. The highest BCUT2D eigenvalue weighted by atomic mass is 19.4. The summed E-state index contributed by atoms with van der Waals surface area (Å²) >= 11 is 0. The fraction of sp³-hybridized carbons (Fsp3) is 0.385. The van der Waals surface area contributed by atoms with Crippen molar-refractivity contribution in [1.82, 2.24) is 15.0 Å². The maximum atomic E-state index is 14.1. The molecule has 1 heterocycles. The van der Waals surface area contributed by atoms with Crippen molar-refractivity contribution in [3.8, 4) is 0 Å². The van der Waals surface area contributed by atoms with E-state index in [0.29, 0.717) is 18.3 Å². The largest absolute Gasteiger partial charge is 0.419 e. The average Bonchev–Trinajstić information content (AvgIpc) is 2.85. The summed E-state index contributed by atoms with van der Waals surface area (Å²) in [4.78, 5) is 0. The van der Waals surface area contributed by atoms with E-state index in [9.17, 15) is 17.6 Å². The summed E-state index contributed by atoms with van der Waals surface area (Å²) in [5.74, 6) is -1.36. The quantitative estimate of drug-likeness (QED) is 0.884. The van der Waals surface area contributed by atoms with Gasteiger partial charge in [0.25, 0.3) is 0 Å². The molecule has 2 aromatic rings. The highest BCUT2D eigenvalue weighted by Crippen LogP contribution is 2.34. The Kier molecular flexibility index (Phi) is 4.26. The van der Waals surface area contributed by atoms with E-state index in [2.05, 4.69) is 10.3 Å². The molecule has 0 radical (unpaired) electrons. The molecule has 114 valence electrons. The molecule has 1 aromatic carbocycles. The topological polar surface area (TPSA) is 56.7 Å². The van der Waals surface area contributed by atoms with Crippen LogP contribution in [-0.4, -0.2) is 15.0 Å². The molecule has 0 aliphatic carbocycles. The van der Waals surface area contributed by atoms with Gasteiger partial charge in [-0.3, -0.25) is 0 Å². The Hall–Kier alpha value is -1.96. The first-order valence-corrected chi connectivity index (χ1v) is 6.35. The zero-order valence-corrected chi connectivity index (χ0v) is 11.2. The van der Waals surface area contributed by atoms with E-state index in [4.69, 9.17) is 5.73 Å². The molecule has 0 fully saturated rings. The number of hydrogen-bond acceptors (Lipinski definition) is 3. The summed E-state index contributed by atoms with van der Waals surface area (Å²) in [6.45, 7) is 2.41. The van der Waals surface area contributed by atoms with Crippen molar-refractivity contribution in [3.63, 3.8) is 0 Å². The second kappa shape index (κ2) is 5.80. The van der Waals surface area contributed by atoms with Crippen molar-refractivity contribution in [2.75, 3.05) is 0 Å². The summed E-state index contributed by atoms with van der Waals surface area (Å²) in [5.41, 5.74) is 4.71. The van der Waals surface area contributed by atoms with Crippen LogP contribution in [0.25, 0.3) is 0 Å². The van der Waals surface area contributed by atoms with Crippen LogP contribution in [0.1, 0.15) is 36.2 Å². The molecule has 4 nitrogen and oxygen atoms in total. The summed E-state index contributed by atoms with van der Waals surface area (Å²) in [7, 11) is 0. The Morgan fingerprint density at radius 2 is 2.05 bits per heavy atom. The van der Waals surface area contributed by atoms with E-state index in [0.717, 1.165) is 12.5 Å². The molecule has 2 rings (SSSR count). The molecule has 0 saturated carbocycles. The molecule has 0 bridgehead atoms. The van der Waals surface area contributed by atoms with Gasteiger partial charge in [0.2, 0.25) is 0 Å². The second-order valence-corrected chi connectivity index (χ2v) is 4.57. The van der Waals surface area contributed by atoms with E-state index < -0.39 is 23.6 Å². The minimum Gasteiger partial charge on any atom is -0.319 e. The molecule has 21 heavy (non-hydrogen) atoms. The zero-order valence-electron chi connectivity index (χ0n) is 11.2. The van der Waals surface area contributed by atoms with E-state index in [1.165, 1.54) is 16.9 Å². The van der Waals surface area contributed by atoms with Crippen LogP contribution in [0.4, 0.5) is 17.6 Å². The van der Waals surface area contributed by atoms with Crippen LogP contribution in [0.2, 0.25) is 0 Å². The van der Waals surface area contributed by atoms with Crippen molar-refractivity contribution in [2.24, 2.45) is 5.73 Å². The lowest BCUT2D eigenvalue weighted by Crippen LogP contribution is -2.20. The highest BCUT2D eigenvalue weighted by Gasteiger charge is 2.35. The van der Waals surface area contributed by atoms with Crippen LogP contribution in [0, 0.1) is 5.82 Å². The second-order valence-electron chi connectivity index (χ2n) is 4.57. The average molecular weight is 302 g/mol. The molecule has 0 aliphatic heterocycles. The van der Waals surface area contributed by atoms with Crippen molar-refractivity contribution < 1.29 is 17.6 Å². The molecule has 1 unspecified atom stereocenters. The van der Waals surface area contributed by atoms with Gasteiger partial charge >= 0.3 is 6.18 Å². The molecule has 0 spiro atoms. The number of halogens is 4. The lowest BCUT2D eigenvalue weighted by atomic mass is 10.0. The summed E-state index contributed by atoms with van der Waals surface area (Å²) in [6.07, 6.45) is -2.68. The lowest BCUT2D eigenvalue weighted by Gasteiger charge is -2.17. The van der Waals surface area contributed by atoms with Crippen LogP contribution in [-0.2, 0) is 12.7 Å². The Morgan fingerprint density at radius 3 is 2.67 bits per heavy atom. The number of hydrogen-bond donors (Lipinski definition) is 1. The van der Waals surface area contributed by atoms with E-state index in [1.807, 2.05) is 6.92 Å². The highest BCUT2D eigenvalue weighted by molar-refractivity contribution is 5.33. The van der Waals surface area contributed by atoms with E-state index in [1.54, 1.807) is 0 Å². The maximum Gasteiger partial charge on any atom is 0.419 e. The summed E-state index contributed by atoms with van der Waals surface area (Å²) in [5, 5.41) is 7.47. The lowest BCUT2D eigenvalue weighted by molar-refractivity contribution is -0.140. The molecule has 1 aromatic heterocycles. The molecular formula is C13H14F4N4. The SMILES string of the molecule is CCCn1nncc1C(N)c1cccc(C(F)(F)F)c1F. The maximum absolute atomic E-state index is 14.1. The minimum absolute atomic E-state index is 0.232. The van der Waals surface area contributed by atoms with Gasteiger partial charge in [0.1, 0.15) is 5.82 Å². The van der Waals surface area contributed by atoms with Gasteiger partial charge < -0.3 is 5.73 Å². The number of benzene rings is 1. The first kappa shape index (κ1) is 15.4. The number of alkyl halides is 3. The van der Waals surface area contributed by atoms with Gasteiger partial charge in [0.05, 0.1) is 23.5 Å². The predicted octanol–water partition coefficient (Wildman–Crippen LogP) is 2.89. The Labute approximate surface area is 118 Å². The van der Waals surface area contributed by atoms with Crippen molar-refractivity contribution >= 4 is 0 Å². The minimum atomic E-state index is -4.76. The van der Waals surface area contributed by atoms with Gasteiger partial charge in [-0.2, -0.15) is 13.2 Å². The van der Waals surface area contributed by atoms with Gasteiger partial charge in [-0.15, -0.1) is 5.10 Å². The third kappa shape index (κ3) is 3.05. The van der Waals surface area contributed by atoms with Crippen molar-refractivity contribution in [3.05, 3.63) is 47.0 Å². The van der Waals surface area contributed by atoms with Gasteiger partial charge in [-0.1, -0.05) is 24.3 Å². The van der Waals surface area contributed by atoms with Crippen LogP contribution in [0.3, 0.4) is 0 Å². The third-order valence-electron chi connectivity index (χ3n) is 3.07. The molecule has 0 aliphatic rings. The number of nitrogens with zero attached hydrogens (tertiary/aromatic N) is 3. The Balaban J connectivity index is 2.44. The molecule has 0 saturated heterocycles. The van der Waals surface area contributed by atoms with Gasteiger partial charge in [-0.25, -0.2) is 9.07 Å². The molecule has 8 heteroatoms. The Bertz CT molecular complexity index is 621. The van der Waals surface area contributed by atoms with Gasteiger partial charge in [0.15, 0.2) is 0 Å². The first-order chi connectivity index (χ1) is 9.86. The number of aromatic nitrogens is 3. The van der Waals surface area contributed by atoms with Crippen LogP contribution >= 0.6 is 0 Å². The zero-order chi connectivity index (χ0) is 15.6. The monoisotopic (exact) mass is 302 g/mol. The van der Waals surface area contributed by atoms with Gasteiger partial charge in [0, 0.05) is 12.1 Å². The number of rotatable bonds is 4. The number of aryl methyl sites for hydroxylation is 1. The molecular weight excluding hydrogens is 288 g/mol. The van der Waals surface area contributed by atoms with Crippen LogP contribution in [0.15, 0.2) is 24.4 Å². The Morgan fingerprint density at radius 1 is 1.33 bits per heavy atom. The normalized spacial score (nSPS) is 13.4. The molecule has 2 N–H and O–H groups in total. The predicted molar refractivity (Wildman–Crippen MR) is 67.7 cm³/mol. The fourth-order valence-electron chi connectivity index (χ4n) is 2.06. The first-order valence-electron chi connectivity index (χ1n) is 6.35. The van der Waals surface area contributed by atoms with Gasteiger partial charge in [-0.05, 0) is 12.5 Å². The number of nitrogens with two attached hydrogens (primary N) is 1. The van der Waals surface area contributed by atoms with Crippen molar-refractivity contribution in [1.29, 1.82) is 0 Å². The van der Waals surface area contributed by atoms with E-state index in [-0.39, 0.29) is 5.56 Å². The van der Waals surface area contributed by atoms with Crippen molar-refractivity contribution in [2.45, 2.75) is 32.1 Å². The fourth-order valence-corrected chi connectivity index (χ4v) is 2.06. The van der Waals surface area contributed by atoms with Crippen LogP contribution < -0.4 is 5.73 Å². The molecule has 1 atom stereocenters. The van der Waals surface area contributed by atoms with E-state index >= 15 is 0 Å². The third-order valence-corrected chi connectivity index (χ3v) is 3.07. The summed E-state index contributed by atoms with van der Waals surface area (Å²) in [6, 6.07) is 2.00. The summed E-state index contributed by atoms with van der Waals surface area (Å²) < 4.78 is 53.7. The standard InChI is InChI=1S/C13H14F4N4/c1-2-6-21-10(7-19-20-21)12(18)8-4-3-5-9(11(8)14)13(15,16)17/h3-5,7,12H,2,6,18H2,1H3.